The van der Waals surface area contributed by atoms with Gasteiger partial charge in [-0.1, -0.05) is 26.0 Å². The Hall–Kier alpha value is -1.88. The maximum Gasteiger partial charge on any atom is 0.191 e. The molecule has 1 aromatic heterocycles. The molecule has 2 aromatic rings. The first-order valence-electron chi connectivity index (χ1n) is 9.37. The Kier molecular flexibility index (Phi) is 11.5. The average Bonchev–Trinajstić information content (AvgIpc) is 3.11. The summed E-state index contributed by atoms with van der Waals surface area (Å²) >= 11 is 0. The second kappa shape index (κ2) is 13.3. The zero-order valence-corrected chi connectivity index (χ0v) is 19.5. The molecule has 0 unspecified atom stereocenters. The number of aliphatic imine (C=N–C) groups is 1. The molecule has 0 atom stereocenters. The molecule has 0 aliphatic carbocycles. The fourth-order valence-electron chi connectivity index (χ4n) is 2.59. The van der Waals surface area contributed by atoms with Gasteiger partial charge in [-0.15, -0.1) is 24.0 Å². The summed E-state index contributed by atoms with van der Waals surface area (Å²) in [4.78, 5) is 10.8. The molecular formula is C19H32IN7O. The van der Waals surface area contributed by atoms with Gasteiger partial charge in [-0.3, -0.25) is 9.67 Å². The van der Waals surface area contributed by atoms with Gasteiger partial charge < -0.3 is 20.3 Å². The molecule has 0 spiro atoms. The lowest BCUT2D eigenvalue weighted by Gasteiger charge is -2.18. The number of benzene rings is 1. The highest BCUT2D eigenvalue weighted by atomic mass is 127. The van der Waals surface area contributed by atoms with Crippen LogP contribution >= 0.6 is 24.0 Å². The average molecular weight is 501 g/mol. The molecule has 1 aromatic carbocycles. The first kappa shape index (κ1) is 24.2. The number of aromatic nitrogens is 3. The van der Waals surface area contributed by atoms with Crippen LogP contribution in [0.5, 0.6) is 5.75 Å². The molecule has 9 heteroatoms. The van der Waals surface area contributed by atoms with Crippen molar-refractivity contribution >= 4 is 29.9 Å². The highest BCUT2D eigenvalue weighted by Crippen LogP contribution is 2.12. The molecule has 0 saturated carbocycles. The summed E-state index contributed by atoms with van der Waals surface area (Å²) in [5.41, 5.74) is 1.16. The predicted molar refractivity (Wildman–Crippen MR) is 123 cm³/mol. The van der Waals surface area contributed by atoms with E-state index in [0.717, 1.165) is 42.7 Å². The van der Waals surface area contributed by atoms with Crippen LogP contribution in [0.4, 0.5) is 0 Å². The number of nitrogens with zero attached hydrogens (tertiary/aromatic N) is 5. The summed E-state index contributed by atoms with van der Waals surface area (Å²) in [6, 6.07) is 8.15. The molecule has 0 bridgehead atoms. The lowest BCUT2D eigenvalue weighted by molar-refractivity contribution is 0.223. The lowest BCUT2D eigenvalue weighted by Crippen LogP contribution is -2.36. The first-order valence-corrected chi connectivity index (χ1v) is 9.37. The smallest absolute Gasteiger partial charge is 0.191 e. The van der Waals surface area contributed by atoms with Gasteiger partial charge in [0.2, 0.25) is 0 Å². The Morgan fingerprint density at radius 1 is 1.14 bits per heavy atom. The molecule has 0 amide bonds. The largest absolute Gasteiger partial charge is 0.492 e. The Morgan fingerprint density at radius 3 is 2.39 bits per heavy atom. The maximum absolute atomic E-state index is 5.82. The molecule has 0 radical (unpaired) electrons. The number of hydrogen-bond donors (Lipinski definition) is 2. The van der Waals surface area contributed by atoms with Crippen LogP contribution < -0.4 is 15.4 Å². The van der Waals surface area contributed by atoms with Gasteiger partial charge in [0.15, 0.2) is 5.96 Å². The molecule has 156 valence electrons. The zero-order valence-electron chi connectivity index (χ0n) is 17.2. The number of halogens is 1. The van der Waals surface area contributed by atoms with Crippen molar-refractivity contribution in [2.45, 2.75) is 26.9 Å². The molecule has 0 aliphatic rings. The molecule has 8 nitrogen and oxygen atoms in total. The van der Waals surface area contributed by atoms with Crippen LogP contribution in [0.2, 0.25) is 0 Å². The van der Waals surface area contributed by atoms with E-state index in [1.807, 2.05) is 19.2 Å². The molecule has 0 saturated heterocycles. The second-order valence-corrected chi connectivity index (χ2v) is 6.10. The monoisotopic (exact) mass is 501 g/mol. The Morgan fingerprint density at radius 2 is 1.82 bits per heavy atom. The van der Waals surface area contributed by atoms with Gasteiger partial charge in [-0.25, -0.2) is 4.98 Å². The summed E-state index contributed by atoms with van der Waals surface area (Å²) in [5.74, 6) is 2.47. The molecular weight excluding hydrogens is 469 g/mol. The van der Waals surface area contributed by atoms with Crippen molar-refractivity contribution in [1.82, 2.24) is 30.3 Å². The van der Waals surface area contributed by atoms with E-state index in [1.54, 1.807) is 18.1 Å². The zero-order chi connectivity index (χ0) is 19.5. The Labute approximate surface area is 184 Å². The third-order valence-corrected chi connectivity index (χ3v) is 4.40. The van der Waals surface area contributed by atoms with Crippen molar-refractivity contribution in [3.8, 4) is 5.75 Å². The summed E-state index contributed by atoms with van der Waals surface area (Å²) in [7, 11) is 3.62. The van der Waals surface area contributed by atoms with Crippen LogP contribution in [-0.4, -0.2) is 58.9 Å². The van der Waals surface area contributed by atoms with Crippen molar-refractivity contribution in [3.63, 3.8) is 0 Å². The van der Waals surface area contributed by atoms with Crippen LogP contribution in [0.1, 0.15) is 25.2 Å². The van der Waals surface area contributed by atoms with Gasteiger partial charge in [0.25, 0.3) is 0 Å². The number of aryl methyl sites for hydroxylation is 1. The number of rotatable bonds is 10. The van der Waals surface area contributed by atoms with Crippen molar-refractivity contribution in [1.29, 1.82) is 0 Å². The first-order chi connectivity index (χ1) is 13.2. The van der Waals surface area contributed by atoms with Gasteiger partial charge in [-0.2, -0.15) is 5.10 Å². The van der Waals surface area contributed by atoms with Crippen LogP contribution in [0.15, 0.2) is 35.6 Å². The van der Waals surface area contributed by atoms with Gasteiger partial charge in [0.1, 0.15) is 24.5 Å². The van der Waals surface area contributed by atoms with E-state index in [2.05, 4.69) is 56.6 Å². The molecule has 2 N–H and O–H groups in total. The quantitative estimate of drug-likeness (QED) is 0.295. The van der Waals surface area contributed by atoms with Gasteiger partial charge in [0, 0.05) is 27.2 Å². The molecule has 0 aliphatic heterocycles. The van der Waals surface area contributed by atoms with E-state index in [-0.39, 0.29) is 24.0 Å². The summed E-state index contributed by atoms with van der Waals surface area (Å²) in [6.07, 6.45) is 1.54. The van der Waals surface area contributed by atoms with Crippen molar-refractivity contribution in [3.05, 3.63) is 42.0 Å². The lowest BCUT2D eigenvalue weighted by atomic mass is 10.2. The minimum absolute atomic E-state index is 0. The minimum Gasteiger partial charge on any atom is -0.492 e. The third-order valence-electron chi connectivity index (χ3n) is 4.40. The standard InChI is InChI=1S/C19H31N7O.HI/c1-5-26(6-2)11-12-27-17-9-7-16(8-10-17)13-21-19(20-3)22-14-18-23-15-24-25(18)4;/h7-10,15H,5-6,11-14H2,1-4H3,(H2,20,21,22);1H. The van der Waals surface area contributed by atoms with E-state index in [4.69, 9.17) is 4.74 Å². The van der Waals surface area contributed by atoms with E-state index in [9.17, 15) is 0 Å². The Bertz CT molecular complexity index is 699. The number of hydrogen-bond acceptors (Lipinski definition) is 5. The Balaban J connectivity index is 0.00000392. The van der Waals surface area contributed by atoms with Gasteiger partial charge in [-0.05, 0) is 30.8 Å². The van der Waals surface area contributed by atoms with Crippen molar-refractivity contribution in [2.75, 3.05) is 33.3 Å². The molecule has 2 rings (SSSR count). The van der Waals surface area contributed by atoms with Crippen molar-refractivity contribution < 1.29 is 4.74 Å². The highest BCUT2D eigenvalue weighted by Gasteiger charge is 2.04. The minimum atomic E-state index is 0. The van der Waals surface area contributed by atoms with Crippen LogP contribution in [-0.2, 0) is 20.1 Å². The topological polar surface area (TPSA) is 79.6 Å². The van der Waals surface area contributed by atoms with E-state index in [1.165, 1.54) is 0 Å². The number of nitrogens with one attached hydrogen (secondary N) is 2. The van der Waals surface area contributed by atoms with Crippen LogP contribution in [0.3, 0.4) is 0 Å². The number of ether oxygens (including phenoxy) is 1. The number of guanidine groups is 1. The maximum atomic E-state index is 5.82. The van der Waals surface area contributed by atoms with Gasteiger partial charge in [0.05, 0.1) is 6.54 Å². The summed E-state index contributed by atoms with van der Waals surface area (Å²) in [6.45, 7) is 9.34. The van der Waals surface area contributed by atoms with E-state index in [0.29, 0.717) is 19.7 Å². The molecule has 1 heterocycles. The summed E-state index contributed by atoms with van der Waals surface area (Å²) < 4.78 is 7.56. The highest BCUT2D eigenvalue weighted by molar-refractivity contribution is 14.0. The van der Waals surface area contributed by atoms with Crippen molar-refractivity contribution in [2.24, 2.45) is 12.0 Å². The molecule has 28 heavy (non-hydrogen) atoms. The third kappa shape index (κ3) is 8.01. The van der Waals surface area contributed by atoms with Crippen LogP contribution in [0.25, 0.3) is 0 Å². The normalized spacial score (nSPS) is 11.2. The van der Waals surface area contributed by atoms with Crippen LogP contribution in [0, 0.1) is 0 Å². The van der Waals surface area contributed by atoms with E-state index >= 15 is 0 Å². The summed E-state index contributed by atoms with van der Waals surface area (Å²) in [5, 5.41) is 10.6. The fraction of sp³-hybridized carbons (Fsp3) is 0.526. The fourth-order valence-corrected chi connectivity index (χ4v) is 2.59. The predicted octanol–water partition coefficient (Wildman–Crippen LogP) is 2.02. The second-order valence-electron chi connectivity index (χ2n) is 6.10. The van der Waals surface area contributed by atoms with Gasteiger partial charge >= 0.3 is 0 Å². The van der Waals surface area contributed by atoms with E-state index < -0.39 is 0 Å². The number of likely N-dealkylation sites (N-methyl/N-ethyl adjacent to an activating group) is 1. The molecule has 0 fully saturated rings. The SMILES string of the molecule is CCN(CC)CCOc1ccc(CNC(=NC)NCc2ncnn2C)cc1.I.